The fourth-order valence-corrected chi connectivity index (χ4v) is 4.86. The van der Waals surface area contributed by atoms with E-state index in [1.165, 1.54) is 24.5 Å². The number of amides is 2. The van der Waals surface area contributed by atoms with Crippen molar-refractivity contribution in [2.24, 2.45) is 5.92 Å². The number of hydrogen-bond donors (Lipinski definition) is 2. The summed E-state index contributed by atoms with van der Waals surface area (Å²) in [6.07, 6.45) is 2.04. The Labute approximate surface area is 219 Å². The minimum absolute atomic E-state index is 0.000360. The summed E-state index contributed by atoms with van der Waals surface area (Å²) in [5.74, 6) is 1.07. The van der Waals surface area contributed by atoms with Gasteiger partial charge in [0.1, 0.15) is 5.75 Å². The quantitative estimate of drug-likeness (QED) is 0.272. The zero-order valence-electron chi connectivity index (χ0n) is 19.9. The van der Waals surface area contributed by atoms with Gasteiger partial charge in [-0.1, -0.05) is 6.07 Å². The summed E-state index contributed by atoms with van der Waals surface area (Å²) in [7, 11) is 0. The van der Waals surface area contributed by atoms with E-state index in [2.05, 4.69) is 25.6 Å². The normalized spacial score (nSPS) is 15.3. The van der Waals surface area contributed by atoms with Crippen molar-refractivity contribution < 1.29 is 27.4 Å². The minimum atomic E-state index is -4.51. The van der Waals surface area contributed by atoms with Crippen LogP contribution in [-0.2, 0) is 17.3 Å². The lowest BCUT2D eigenvalue weighted by atomic mass is 10.1. The molecule has 2 amide bonds. The average Bonchev–Trinajstić information content (AvgIpc) is 3.58. The maximum atomic E-state index is 12.8. The number of nitrogens with one attached hydrogen (secondary N) is 2. The molecule has 1 fully saturated rings. The molecule has 4 aromatic rings. The van der Waals surface area contributed by atoms with Crippen molar-refractivity contribution in [3.63, 3.8) is 0 Å². The number of benzene rings is 2. The molecule has 1 aliphatic heterocycles. The van der Waals surface area contributed by atoms with Crippen LogP contribution in [0.5, 0.6) is 11.8 Å². The number of nitrogens with zero attached hydrogens (tertiary/aromatic N) is 3. The summed E-state index contributed by atoms with van der Waals surface area (Å²) in [5.41, 5.74) is 0.401. The van der Waals surface area contributed by atoms with Gasteiger partial charge in [0, 0.05) is 31.5 Å². The van der Waals surface area contributed by atoms with Gasteiger partial charge in [0.05, 0.1) is 33.5 Å². The van der Waals surface area contributed by atoms with E-state index in [1.807, 2.05) is 18.3 Å². The van der Waals surface area contributed by atoms with Gasteiger partial charge in [-0.05, 0) is 60.4 Å². The molecule has 12 heteroatoms. The highest BCUT2D eigenvalue weighted by Gasteiger charge is 2.30. The van der Waals surface area contributed by atoms with Crippen LogP contribution in [0.1, 0.15) is 17.0 Å². The lowest BCUT2D eigenvalue weighted by Crippen LogP contribution is -2.20. The van der Waals surface area contributed by atoms with Gasteiger partial charge < -0.3 is 20.1 Å². The number of carbonyl (C=O) groups is 1. The zero-order valence-corrected chi connectivity index (χ0v) is 20.7. The van der Waals surface area contributed by atoms with Gasteiger partial charge in [-0.25, -0.2) is 19.7 Å². The van der Waals surface area contributed by atoms with E-state index in [1.54, 1.807) is 23.5 Å². The topological polar surface area (TPSA) is 98.3 Å². The van der Waals surface area contributed by atoms with Gasteiger partial charge in [-0.15, -0.1) is 11.3 Å². The molecule has 8 nitrogen and oxygen atoms in total. The maximum Gasteiger partial charge on any atom is 0.416 e. The Morgan fingerprint density at radius 2 is 1.79 bits per heavy atom. The van der Waals surface area contributed by atoms with Crippen molar-refractivity contribution in [1.29, 1.82) is 0 Å². The molecule has 2 N–H and O–H groups in total. The molecular formula is C26H22F3N5O3S. The highest BCUT2D eigenvalue weighted by Crippen LogP contribution is 2.32. The van der Waals surface area contributed by atoms with E-state index in [0.29, 0.717) is 11.7 Å². The second kappa shape index (κ2) is 11.2. The number of alkyl halides is 3. The van der Waals surface area contributed by atoms with Gasteiger partial charge in [-0.2, -0.15) is 13.2 Å². The molecule has 2 aromatic heterocycles. The van der Waals surface area contributed by atoms with Gasteiger partial charge in [0.25, 0.3) is 0 Å². The molecule has 1 saturated heterocycles. The smallest absolute Gasteiger partial charge is 0.416 e. The third kappa shape index (κ3) is 6.64. The summed E-state index contributed by atoms with van der Waals surface area (Å²) < 4.78 is 49.7. The van der Waals surface area contributed by atoms with Crippen LogP contribution < -0.4 is 15.4 Å². The highest BCUT2D eigenvalue weighted by atomic mass is 32.1. The Bertz CT molecular complexity index is 1390. The second-order valence-corrected chi connectivity index (χ2v) is 9.71. The molecule has 0 saturated carbocycles. The van der Waals surface area contributed by atoms with E-state index in [4.69, 9.17) is 9.47 Å². The molecule has 1 unspecified atom stereocenters. The van der Waals surface area contributed by atoms with Crippen LogP contribution in [0.4, 0.5) is 29.3 Å². The van der Waals surface area contributed by atoms with Crippen LogP contribution in [0, 0.1) is 5.92 Å². The standard InChI is InChI=1S/C26H22F3N5O3S/c27-26(28,29)18-2-1-3-19(11-18)33-24(35)34-20-12-31-25(32-13-20)37-21-6-4-17(5-7-21)22-14-30-23(38-22)10-16-8-9-36-15-16/h1-7,11-14,16H,8-10,15H2,(H2,33,34,35). The minimum Gasteiger partial charge on any atom is -0.424 e. The number of hydrogen-bond acceptors (Lipinski definition) is 7. The maximum absolute atomic E-state index is 12.8. The number of urea groups is 1. The Morgan fingerprint density at radius 1 is 1.03 bits per heavy atom. The second-order valence-electron chi connectivity index (χ2n) is 8.59. The molecule has 2 aromatic carbocycles. The summed E-state index contributed by atoms with van der Waals surface area (Å²) in [6.45, 7) is 1.62. The molecule has 0 radical (unpaired) electrons. The van der Waals surface area contributed by atoms with Crippen molar-refractivity contribution in [3.05, 3.63) is 77.7 Å². The van der Waals surface area contributed by atoms with Crippen LogP contribution >= 0.6 is 11.3 Å². The Morgan fingerprint density at radius 3 is 2.50 bits per heavy atom. The molecule has 3 heterocycles. The first kappa shape index (κ1) is 25.6. The third-order valence-corrected chi connectivity index (χ3v) is 6.79. The number of rotatable bonds is 7. The monoisotopic (exact) mass is 541 g/mol. The van der Waals surface area contributed by atoms with Crippen molar-refractivity contribution in [1.82, 2.24) is 15.0 Å². The van der Waals surface area contributed by atoms with Crippen LogP contribution in [0.25, 0.3) is 10.4 Å². The predicted molar refractivity (Wildman–Crippen MR) is 136 cm³/mol. The molecule has 196 valence electrons. The van der Waals surface area contributed by atoms with Gasteiger partial charge >= 0.3 is 18.2 Å². The summed E-state index contributed by atoms with van der Waals surface area (Å²) in [6, 6.07) is 11.1. The van der Waals surface area contributed by atoms with Crippen molar-refractivity contribution in [3.8, 4) is 22.2 Å². The van der Waals surface area contributed by atoms with Crippen molar-refractivity contribution in [2.45, 2.75) is 19.0 Å². The van der Waals surface area contributed by atoms with E-state index in [0.717, 1.165) is 53.6 Å². The molecule has 1 aliphatic rings. The van der Waals surface area contributed by atoms with E-state index in [9.17, 15) is 18.0 Å². The average molecular weight is 542 g/mol. The Hall–Kier alpha value is -4.03. The summed E-state index contributed by atoms with van der Waals surface area (Å²) in [4.78, 5) is 25.9. The first-order chi connectivity index (χ1) is 18.3. The van der Waals surface area contributed by atoms with Crippen LogP contribution in [-0.4, -0.2) is 34.2 Å². The predicted octanol–water partition coefficient (Wildman–Crippen LogP) is 6.63. The Kier molecular flexibility index (Phi) is 7.52. The number of carbonyl (C=O) groups excluding carboxylic acids is 1. The van der Waals surface area contributed by atoms with Crippen LogP contribution in [0.3, 0.4) is 0 Å². The fraction of sp³-hybridized carbons (Fsp3) is 0.231. The molecule has 1 atom stereocenters. The van der Waals surface area contributed by atoms with Gasteiger partial charge in [0.15, 0.2) is 0 Å². The number of aromatic nitrogens is 3. The van der Waals surface area contributed by atoms with E-state index >= 15 is 0 Å². The number of halogens is 3. The fourth-order valence-electron chi connectivity index (χ4n) is 3.82. The lowest BCUT2D eigenvalue weighted by molar-refractivity contribution is -0.137. The van der Waals surface area contributed by atoms with E-state index < -0.39 is 17.8 Å². The Balaban J connectivity index is 1.14. The number of thiazole rings is 1. The molecule has 0 spiro atoms. The lowest BCUT2D eigenvalue weighted by Gasteiger charge is -2.11. The largest absolute Gasteiger partial charge is 0.424 e. The molecular weight excluding hydrogens is 519 g/mol. The molecule has 0 aliphatic carbocycles. The highest BCUT2D eigenvalue weighted by molar-refractivity contribution is 7.15. The van der Waals surface area contributed by atoms with Gasteiger partial charge in [-0.3, -0.25) is 0 Å². The molecule has 38 heavy (non-hydrogen) atoms. The first-order valence-corrected chi connectivity index (χ1v) is 12.5. The SMILES string of the molecule is O=C(Nc1cnc(Oc2ccc(-c3cnc(CC4CCOC4)s3)cc2)nc1)Nc1cccc(C(F)(F)F)c1. The molecule has 5 rings (SSSR count). The first-order valence-electron chi connectivity index (χ1n) is 11.7. The summed E-state index contributed by atoms with van der Waals surface area (Å²) >= 11 is 1.67. The molecule has 0 bridgehead atoms. The number of anilines is 2. The summed E-state index contributed by atoms with van der Waals surface area (Å²) in [5, 5.41) is 5.91. The van der Waals surface area contributed by atoms with Gasteiger partial charge in [0.2, 0.25) is 0 Å². The van der Waals surface area contributed by atoms with Crippen molar-refractivity contribution >= 4 is 28.7 Å². The van der Waals surface area contributed by atoms with Crippen LogP contribution in [0.2, 0.25) is 0 Å². The third-order valence-electron chi connectivity index (χ3n) is 5.72. The van der Waals surface area contributed by atoms with Crippen molar-refractivity contribution in [2.75, 3.05) is 23.8 Å². The van der Waals surface area contributed by atoms with E-state index in [-0.39, 0.29) is 17.4 Å². The van der Waals surface area contributed by atoms with Crippen LogP contribution in [0.15, 0.2) is 67.1 Å². The number of ether oxygens (including phenoxy) is 2. The zero-order chi connectivity index (χ0) is 26.5.